The molecule has 116 valence electrons. The van der Waals surface area contributed by atoms with Crippen LogP contribution in [0.25, 0.3) is 0 Å². The maximum absolute atomic E-state index is 12.5. The van der Waals surface area contributed by atoms with Crippen molar-refractivity contribution in [3.8, 4) is 0 Å². The fourth-order valence-corrected chi connectivity index (χ4v) is 4.35. The summed E-state index contributed by atoms with van der Waals surface area (Å²) in [7, 11) is 0. The minimum absolute atomic E-state index is 0.0924. The SMILES string of the molecule is CC1CCc2c(C(=O)NCC(C)c3ccccc3)csc2C1. The van der Waals surface area contributed by atoms with Crippen LogP contribution in [0.3, 0.4) is 0 Å². The van der Waals surface area contributed by atoms with Crippen LogP contribution in [0.2, 0.25) is 0 Å². The van der Waals surface area contributed by atoms with Crippen molar-refractivity contribution < 1.29 is 4.79 Å². The molecule has 1 amide bonds. The molecule has 0 radical (unpaired) electrons. The molecule has 0 saturated heterocycles. The van der Waals surface area contributed by atoms with E-state index in [4.69, 9.17) is 0 Å². The monoisotopic (exact) mass is 313 g/mol. The van der Waals surface area contributed by atoms with Crippen molar-refractivity contribution in [1.29, 1.82) is 0 Å². The van der Waals surface area contributed by atoms with Gasteiger partial charge in [-0.25, -0.2) is 0 Å². The predicted molar refractivity (Wildman–Crippen MR) is 92.7 cm³/mol. The Balaban J connectivity index is 1.63. The number of fused-ring (bicyclic) bond motifs is 1. The number of nitrogens with one attached hydrogen (secondary N) is 1. The Morgan fingerprint density at radius 3 is 2.91 bits per heavy atom. The summed E-state index contributed by atoms with van der Waals surface area (Å²) < 4.78 is 0. The first-order valence-electron chi connectivity index (χ1n) is 8.07. The minimum Gasteiger partial charge on any atom is -0.351 e. The lowest BCUT2D eigenvalue weighted by molar-refractivity contribution is 0.0951. The molecule has 22 heavy (non-hydrogen) atoms. The molecule has 0 aliphatic heterocycles. The zero-order valence-electron chi connectivity index (χ0n) is 13.3. The standard InChI is InChI=1S/C19H23NOS/c1-13-8-9-16-17(12-22-18(16)10-13)19(21)20-11-14(2)15-6-4-3-5-7-15/h3-7,12-14H,8-11H2,1-2H3,(H,20,21). The van der Waals surface area contributed by atoms with E-state index in [1.54, 1.807) is 11.3 Å². The number of thiophene rings is 1. The second-order valence-electron chi connectivity index (χ2n) is 6.42. The number of amides is 1. The summed E-state index contributed by atoms with van der Waals surface area (Å²) in [6, 6.07) is 10.3. The molecular formula is C19H23NOS. The minimum atomic E-state index is 0.0924. The van der Waals surface area contributed by atoms with Crippen molar-refractivity contribution in [2.24, 2.45) is 5.92 Å². The normalized spacial score (nSPS) is 18.5. The third-order valence-corrected chi connectivity index (χ3v) is 5.63. The van der Waals surface area contributed by atoms with Crippen molar-refractivity contribution in [3.63, 3.8) is 0 Å². The second kappa shape index (κ2) is 6.66. The zero-order chi connectivity index (χ0) is 15.5. The van der Waals surface area contributed by atoms with Gasteiger partial charge in [0, 0.05) is 16.8 Å². The molecule has 3 rings (SSSR count). The predicted octanol–water partition coefficient (Wildman–Crippen LogP) is 4.41. The highest BCUT2D eigenvalue weighted by molar-refractivity contribution is 7.10. The Morgan fingerprint density at radius 1 is 1.36 bits per heavy atom. The number of carbonyl (C=O) groups is 1. The highest BCUT2D eigenvalue weighted by Gasteiger charge is 2.23. The average molecular weight is 313 g/mol. The Bertz CT molecular complexity index is 647. The molecule has 2 atom stereocenters. The van der Waals surface area contributed by atoms with E-state index in [1.807, 2.05) is 23.6 Å². The van der Waals surface area contributed by atoms with Crippen LogP contribution in [-0.4, -0.2) is 12.5 Å². The van der Waals surface area contributed by atoms with Gasteiger partial charge in [-0.3, -0.25) is 4.79 Å². The summed E-state index contributed by atoms with van der Waals surface area (Å²) in [6.45, 7) is 5.13. The van der Waals surface area contributed by atoms with E-state index in [9.17, 15) is 4.79 Å². The van der Waals surface area contributed by atoms with Crippen molar-refractivity contribution >= 4 is 17.2 Å². The molecule has 2 unspecified atom stereocenters. The Kier molecular flexibility index (Phi) is 4.63. The van der Waals surface area contributed by atoms with Crippen LogP contribution in [0, 0.1) is 5.92 Å². The quantitative estimate of drug-likeness (QED) is 0.890. The third-order valence-electron chi connectivity index (χ3n) is 4.58. The number of benzene rings is 1. The van der Waals surface area contributed by atoms with Crippen LogP contribution in [0.5, 0.6) is 0 Å². The molecule has 1 aromatic heterocycles. The summed E-state index contributed by atoms with van der Waals surface area (Å²) in [5.41, 5.74) is 3.48. The van der Waals surface area contributed by atoms with Crippen molar-refractivity contribution in [2.45, 2.75) is 39.0 Å². The second-order valence-corrected chi connectivity index (χ2v) is 7.39. The summed E-state index contributed by atoms with van der Waals surface area (Å²) in [5, 5.41) is 5.16. The van der Waals surface area contributed by atoms with Gasteiger partial charge in [-0.15, -0.1) is 11.3 Å². The Hall–Kier alpha value is -1.61. The molecule has 1 heterocycles. The molecule has 0 saturated carbocycles. The first-order chi connectivity index (χ1) is 10.6. The highest BCUT2D eigenvalue weighted by Crippen LogP contribution is 2.32. The summed E-state index contributed by atoms with van der Waals surface area (Å²) in [6.07, 6.45) is 3.38. The van der Waals surface area contributed by atoms with E-state index in [1.165, 1.54) is 22.4 Å². The van der Waals surface area contributed by atoms with Crippen LogP contribution < -0.4 is 5.32 Å². The van der Waals surface area contributed by atoms with Crippen LogP contribution in [-0.2, 0) is 12.8 Å². The van der Waals surface area contributed by atoms with Gasteiger partial charge < -0.3 is 5.32 Å². The molecular weight excluding hydrogens is 290 g/mol. The van der Waals surface area contributed by atoms with Gasteiger partial charge in [0.1, 0.15) is 0 Å². The number of hydrogen-bond acceptors (Lipinski definition) is 2. The topological polar surface area (TPSA) is 29.1 Å². The van der Waals surface area contributed by atoms with E-state index < -0.39 is 0 Å². The molecule has 1 N–H and O–H groups in total. The van der Waals surface area contributed by atoms with E-state index >= 15 is 0 Å². The van der Waals surface area contributed by atoms with Gasteiger partial charge in [-0.2, -0.15) is 0 Å². The number of carbonyl (C=O) groups excluding carboxylic acids is 1. The molecule has 0 spiro atoms. The van der Waals surface area contributed by atoms with Gasteiger partial charge >= 0.3 is 0 Å². The summed E-state index contributed by atoms with van der Waals surface area (Å²) >= 11 is 1.75. The summed E-state index contributed by atoms with van der Waals surface area (Å²) in [5.74, 6) is 1.18. The van der Waals surface area contributed by atoms with Gasteiger partial charge in [0.2, 0.25) is 0 Å². The average Bonchev–Trinajstić information content (AvgIpc) is 2.96. The summed E-state index contributed by atoms with van der Waals surface area (Å²) in [4.78, 5) is 13.9. The highest BCUT2D eigenvalue weighted by atomic mass is 32.1. The Labute approximate surface area is 136 Å². The van der Waals surface area contributed by atoms with Crippen LogP contribution in [0.15, 0.2) is 35.7 Å². The molecule has 1 aliphatic rings. The largest absolute Gasteiger partial charge is 0.351 e. The van der Waals surface area contributed by atoms with Crippen molar-refractivity contribution in [3.05, 3.63) is 57.3 Å². The molecule has 0 fully saturated rings. The van der Waals surface area contributed by atoms with Gasteiger partial charge in [0.05, 0.1) is 5.56 Å². The number of rotatable bonds is 4. The van der Waals surface area contributed by atoms with E-state index in [0.29, 0.717) is 12.5 Å². The van der Waals surface area contributed by atoms with E-state index in [-0.39, 0.29) is 5.91 Å². The lowest BCUT2D eigenvalue weighted by Crippen LogP contribution is -2.28. The molecule has 3 heteroatoms. The van der Waals surface area contributed by atoms with Crippen molar-refractivity contribution in [2.75, 3.05) is 6.54 Å². The van der Waals surface area contributed by atoms with Gasteiger partial charge in [-0.05, 0) is 42.2 Å². The molecule has 2 aromatic rings. The van der Waals surface area contributed by atoms with Crippen LogP contribution in [0.4, 0.5) is 0 Å². The zero-order valence-corrected chi connectivity index (χ0v) is 14.1. The lowest BCUT2D eigenvalue weighted by Gasteiger charge is -2.19. The molecule has 2 nitrogen and oxygen atoms in total. The van der Waals surface area contributed by atoms with Gasteiger partial charge in [0.25, 0.3) is 5.91 Å². The van der Waals surface area contributed by atoms with Gasteiger partial charge in [0.15, 0.2) is 0 Å². The molecule has 1 aliphatic carbocycles. The van der Waals surface area contributed by atoms with Crippen LogP contribution in [0.1, 0.15) is 52.5 Å². The lowest BCUT2D eigenvalue weighted by atomic mass is 9.88. The number of hydrogen-bond donors (Lipinski definition) is 1. The smallest absolute Gasteiger partial charge is 0.252 e. The Morgan fingerprint density at radius 2 is 2.14 bits per heavy atom. The third kappa shape index (κ3) is 3.25. The maximum atomic E-state index is 12.5. The maximum Gasteiger partial charge on any atom is 0.252 e. The van der Waals surface area contributed by atoms with Crippen molar-refractivity contribution in [1.82, 2.24) is 5.32 Å². The van der Waals surface area contributed by atoms with E-state index in [0.717, 1.165) is 24.3 Å². The first-order valence-corrected chi connectivity index (χ1v) is 8.95. The van der Waals surface area contributed by atoms with Gasteiger partial charge in [-0.1, -0.05) is 44.2 Å². The molecule has 1 aromatic carbocycles. The fourth-order valence-electron chi connectivity index (χ4n) is 3.11. The first kappa shape index (κ1) is 15.3. The molecule has 0 bridgehead atoms. The van der Waals surface area contributed by atoms with Crippen LogP contribution >= 0.6 is 11.3 Å². The fraction of sp³-hybridized carbons (Fsp3) is 0.421. The van der Waals surface area contributed by atoms with E-state index in [2.05, 4.69) is 31.3 Å².